The summed E-state index contributed by atoms with van der Waals surface area (Å²) in [5.74, 6) is 0.955. The summed E-state index contributed by atoms with van der Waals surface area (Å²) in [7, 11) is 0. The van der Waals surface area contributed by atoms with E-state index in [1.807, 2.05) is 24.4 Å². The van der Waals surface area contributed by atoms with Gasteiger partial charge in [-0.25, -0.2) is 4.98 Å². The predicted octanol–water partition coefficient (Wildman–Crippen LogP) is 3.91. The van der Waals surface area contributed by atoms with Crippen molar-refractivity contribution in [3.63, 3.8) is 0 Å². The van der Waals surface area contributed by atoms with Gasteiger partial charge >= 0.3 is 0 Å². The van der Waals surface area contributed by atoms with E-state index in [1.54, 1.807) is 6.20 Å². The topological polar surface area (TPSA) is 66.9 Å². The summed E-state index contributed by atoms with van der Waals surface area (Å²) in [5.41, 5.74) is 4.88. The first-order chi connectivity index (χ1) is 13.8. The molecule has 1 N–H and O–H groups in total. The summed E-state index contributed by atoms with van der Waals surface area (Å²) in [6.45, 7) is 4.42. The Morgan fingerprint density at radius 2 is 2.00 bits per heavy atom. The van der Waals surface area contributed by atoms with Gasteiger partial charge in [0.1, 0.15) is 17.0 Å². The molecule has 4 aromatic rings. The molecule has 1 atom stereocenters. The summed E-state index contributed by atoms with van der Waals surface area (Å²) >= 11 is 0. The second kappa shape index (κ2) is 7.05. The van der Waals surface area contributed by atoms with Crippen molar-refractivity contribution in [3.05, 3.63) is 60.9 Å². The van der Waals surface area contributed by atoms with Crippen molar-refractivity contribution in [2.24, 2.45) is 0 Å². The zero-order valence-corrected chi connectivity index (χ0v) is 15.7. The molecule has 6 nitrogen and oxygen atoms in total. The number of aromatic nitrogens is 4. The number of anilines is 1. The molecule has 0 saturated carbocycles. The Bertz CT molecular complexity index is 1090. The van der Waals surface area contributed by atoms with Crippen LogP contribution in [0.3, 0.4) is 0 Å². The van der Waals surface area contributed by atoms with Crippen molar-refractivity contribution in [2.45, 2.75) is 13.0 Å². The zero-order valence-electron chi connectivity index (χ0n) is 15.7. The van der Waals surface area contributed by atoms with Gasteiger partial charge in [0, 0.05) is 24.3 Å². The predicted molar refractivity (Wildman–Crippen MR) is 110 cm³/mol. The standard InChI is InChI=1S/C22H21N5O/c1-15-14-28-12-11-27(15)20-13-18(16-5-3-2-4-6-16)17-7-9-23-22(21(17)25-20)19-8-10-24-26-19/h2-10,13,15H,11-12,14H2,1H3,(H,24,26)/t15-/m1/s1. The zero-order chi connectivity index (χ0) is 18.9. The second-order valence-electron chi connectivity index (χ2n) is 7.04. The van der Waals surface area contributed by atoms with Crippen LogP contribution in [0.15, 0.2) is 60.9 Å². The molecule has 3 aromatic heterocycles. The maximum atomic E-state index is 5.62. The van der Waals surface area contributed by atoms with Crippen LogP contribution in [0.25, 0.3) is 33.4 Å². The normalized spacial score (nSPS) is 17.2. The minimum atomic E-state index is 0.273. The Morgan fingerprint density at radius 3 is 2.79 bits per heavy atom. The Kier molecular flexibility index (Phi) is 4.25. The van der Waals surface area contributed by atoms with Gasteiger partial charge in [0.15, 0.2) is 0 Å². The Labute approximate surface area is 163 Å². The SMILES string of the molecule is C[C@@H]1COCCN1c1cc(-c2ccccc2)c2ccnc(-c3ccn[nH]3)c2n1. The molecule has 1 aromatic carbocycles. The molecule has 0 amide bonds. The molecule has 1 aliphatic rings. The first kappa shape index (κ1) is 16.9. The van der Waals surface area contributed by atoms with Gasteiger partial charge in [-0.05, 0) is 36.2 Å². The van der Waals surface area contributed by atoms with Crippen LogP contribution < -0.4 is 4.90 Å². The van der Waals surface area contributed by atoms with E-state index >= 15 is 0 Å². The van der Waals surface area contributed by atoms with Gasteiger partial charge in [0.25, 0.3) is 0 Å². The first-order valence-electron chi connectivity index (χ1n) is 9.50. The molecule has 1 saturated heterocycles. The maximum absolute atomic E-state index is 5.62. The van der Waals surface area contributed by atoms with Crippen molar-refractivity contribution in [3.8, 4) is 22.5 Å². The van der Waals surface area contributed by atoms with Crippen LogP contribution in [0.4, 0.5) is 5.82 Å². The number of fused-ring (bicyclic) bond motifs is 1. The van der Waals surface area contributed by atoms with Gasteiger partial charge in [-0.15, -0.1) is 0 Å². The van der Waals surface area contributed by atoms with Gasteiger partial charge in [-0.1, -0.05) is 30.3 Å². The van der Waals surface area contributed by atoms with Gasteiger partial charge in [0.2, 0.25) is 0 Å². The highest BCUT2D eigenvalue weighted by Crippen LogP contribution is 2.35. The van der Waals surface area contributed by atoms with Crippen LogP contribution in [-0.4, -0.2) is 46.0 Å². The van der Waals surface area contributed by atoms with Crippen LogP contribution >= 0.6 is 0 Å². The molecule has 0 bridgehead atoms. The molecule has 1 aliphatic heterocycles. The van der Waals surface area contributed by atoms with Crippen molar-refractivity contribution in [1.29, 1.82) is 0 Å². The number of ether oxygens (including phenoxy) is 1. The number of morpholine rings is 1. The largest absolute Gasteiger partial charge is 0.377 e. The van der Waals surface area contributed by atoms with Crippen molar-refractivity contribution in [1.82, 2.24) is 20.2 Å². The van der Waals surface area contributed by atoms with Gasteiger partial charge in [0.05, 0.1) is 24.9 Å². The van der Waals surface area contributed by atoms with Crippen molar-refractivity contribution in [2.75, 3.05) is 24.7 Å². The molecule has 0 radical (unpaired) electrons. The van der Waals surface area contributed by atoms with Crippen LogP contribution in [0, 0.1) is 0 Å². The maximum Gasteiger partial charge on any atom is 0.130 e. The molecule has 0 spiro atoms. The van der Waals surface area contributed by atoms with Crippen LogP contribution in [0.1, 0.15) is 6.92 Å². The van der Waals surface area contributed by atoms with E-state index in [2.05, 4.69) is 57.3 Å². The van der Waals surface area contributed by atoms with E-state index in [-0.39, 0.29) is 6.04 Å². The van der Waals surface area contributed by atoms with E-state index in [0.717, 1.165) is 40.2 Å². The third-order valence-electron chi connectivity index (χ3n) is 5.22. The molecule has 5 rings (SSSR count). The number of H-pyrrole nitrogens is 1. The van der Waals surface area contributed by atoms with Crippen molar-refractivity contribution < 1.29 is 4.74 Å². The Morgan fingerprint density at radius 1 is 1.11 bits per heavy atom. The van der Waals surface area contributed by atoms with Gasteiger partial charge in [-0.3, -0.25) is 10.1 Å². The minimum absolute atomic E-state index is 0.273. The average molecular weight is 371 g/mol. The molecule has 28 heavy (non-hydrogen) atoms. The number of hydrogen-bond donors (Lipinski definition) is 1. The molecule has 140 valence electrons. The Balaban J connectivity index is 1.78. The lowest BCUT2D eigenvalue weighted by atomic mass is 10.00. The summed E-state index contributed by atoms with van der Waals surface area (Å²) < 4.78 is 5.62. The highest BCUT2D eigenvalue weighted by molar-refractivity contribution is 6.01. The number of hydrogen-bond acceptors (Lipinski definition) is 5. The average Bonchev–Trinajstić information content (AvgIpc) is 3.28. The first-order valence-corrected chi connectivity index (χ1v) is 9.50. The Hall–Kier alpha value is -3.25. The molecule has 1 fully saturated rings. The molecule has 4 heterocycles. The molecule has 6 heteroatoms. The van der Waals surface area contributed by atoms with Gasteiger partial charge in [-0.2, -0.15) is 5.10 Å². The number of rotatable bonds is 3. The summed E-state index contributed by atoms with van der Waals surface area (Å²) in [4.78, 5) is 12.0. The van der Waals surface area contributed by atoms with Gasteiger partial charge < -0.3 is 9.64 Å². The molecule has 0 aliphatic carbocycles. The number of benzene rings is 1. The highest BCUT2D eigenvalue weighted by atomic mass is 16.5. The molecular formula is C22H21N5O. The van der Waals surface area contributed by atoms with Crippen molar-refractivity contribution >= 4 is 16.7 Å². The highest BCUT2D eigenvalue weighted by Gasteiger charge is 2.23. The minimum Gasteiger partial charge on any atom is -0.377 e. The van der Waals surface area contributed by atoms with Crippen LogP contribution in [0.2, 0.25) is 0 Å². The van der Waals surface area contributed by atoms with E-state index in [0.29, 0.717) is 13.2 Å². The van der Waals surface area contributed by atoms with Crippen LogP contribution in [0.5, 0.6) is 0 Å². The molecular weight excluding hydrogens is 350 g/mol. The molecule has 0 unspecified atom stereocenters. The fourth-order valence-corrected chi connectivity index (χ4v) is 3.79. The number of nitrogens with zero attached hydrogens (tertiary/aromatic N) is 4. The second-order valence-corrected chi connectivity index (χ2v) is 7.04. The van der Waals surface area contributed by atoms with Crippen LogP contribution in [-0.2, 0) is 4.74 Å². The van der Waals surface area contributed by atoms with E-state index in [1.165, 1.54) is 5.56 Å². The lowest BCUT2D eigenvalue weighted by Crippen LogP contribution is -2.44. The summed E-state index contributed by atoms with van der Waals surface area (Å²) in [6.07, 6.45) is 3.57. The number of pyridine rings is 2. The quantitative estimate of drug-likeness (QED) is 0.591. The number of aromatic amines is 1. The van der Waals surface area contributed by atoms with E-state index in [9.17, 15) is 0 Å². The lowest BCUT2D eigenvalue weighted by Gasteiger charge is -2.34. The van der Waals surface area contributed by atoms with E-state index < -0.39 is 0 Å². The van der Waals surface area contributed by atoms with E-state index in [4.69, 9.17) is 9.72 Å². The number of nitrogens with one attached hydrogen (secondary N) is 1. The fourth-order valence-electron chi connectivity index (χ4n) is 3.79. The summed E-state index contributed by atoms with van der Waals surface area (Å²) in [6, 6.07) is 16.9. The third-order valence-corrected chi connectivity index (χ3v) is 5.22. The lowest BCUT2D eigenvalue weighted by molar-refractivity contribution is 0.0986. The summed E-state index contributed by atoms with van der Waals surface area (Å²) in [5, 5.41) is 8.20. The smallest absolute Gasteiger partial charge is 0.130 e. The monoisotopic (exact) mass is 371 g/mol. The fraction of sp³-hybridized carbons (Fsp3) is 0.227. The third kappa shape index (κ3) is 2.92.